The first-order valence-corrected chi connectivity index (χ1v) is 10.1. The molecule has 0 bridgehead atoms. The summed E-state index contributed by atoms with van der Waals surface area (Å²) in [6, 6.07) is 29.5. The average molecular weight is 383 g/mol. The van der Waals surface area contributed by atoms with Gasteiger partial charge in [0.15, 0.2) is 5.84 Å². The molecule has 2 heterocycles. The van der Waals surface area contributed by atoms with E-state index in [0.29, 0.717) is 0 Å². The zero-order valence-electron chi connectivity index (χ0n) is 17.1. The Bertz CT molecular complexity index is 1060. The molecule has 0 saturated heterocycles. The van der Waals surface area contributed by atoms with E-state index < -0.39 is 0 Å². The van der Waals surface area contributed by atoms with Crippen molar-refractivity contribution in [3.63, 3.8) is 0 Å². The Balaban J connectivity index is 1.77. The number of hydrazone groups is 1. The van der Waals surface area contributed by atoms with E-state index in [1.54, 1.807) is 0 Å². The second-order valence-electron chi connectivity index (χ2n) is 8.69. The van der Waals surface area contributed by atoms with Gasteiger partial charge in [-0.25, -0.2) is 5.01 Å². The summed E-state index contributed by atoms with van der Waals surface area (Å²) in [4.78, 5) is 2.41. The smallest absolute Gasteiger partial charge is 0.162 e. The monoisotopic (exact) mass is 382 g/mol. The molecule has 4 nitrogen and oxygen atoms in total. The molecule has 3 aromatic rings. The van der Waals surface area contributed by atoms with Crippen molar-refractivity contribution in [1.29, 1.82) is 0 Å². The predicted octanol–water partition coefficient (Wildman–Crippen LogP) is 5.69. The quantitative estimate of drug-likeness (QED) is 0.618. The van der Waals surface area contributed by atoms with Gasteiger partial charge in [0.1, 0.15) is 5.66 Å². The zero-order chi connectivity index (χ0) is 20.1. The van der Waals surface area contributed by atoms with E-state index in [-0.39, 0.29) is 11.2 Å². The Hall–Kier alpha value is -3.27. The molecule has 29 heavy (non-hydrogen) atoms. The van der Waals surface area contributed by atoms with Crippen LogP contribution in [-0.4, -0.2) is 17.0 Å². The van der Waals surface area contributed by atoms with Crippen molar-refractivity contribution in [3.05, 3.63) is 90.5 Å². The molecule has 2 aliphatic rings. The van der Waals surface area contributed by atoms with Gasteiger partial charge in [0, 0.05) is 17.5 Å². The summed E-state index contributed by atoms with van der Waals surface area (Å²) >= 11 is 0. The number of hydrogen-bond donors (Lipinski definition) is 1. The van der Waals surface area contributed by atoms with E-state index in [4.69, 9.17) is 5.10 Å². The van der Waals surface area contributed by atoms with E-state index >= 15 is 0 Å². The van der Waals surface area contributed by atoms with Gasteiger partial charge in [-0.2, -0.15) is 5.10 Å². The Labute approximate surface area is 172 Å². The van der Waals surface area contributed by atoms with Crippen molar-refractivity contribution in [2.75, 3.05) is 15.2 Å². The number of fused-ring (bicyclic) bond motifs is 3. The molecule has 146 valence electrons. The Kier molecular flexibility index (Phi) is 3.91. The molecule has 0 amide bonds. The maximum absolute atomic E-state index is 5.20. The van der Waals surface area contributed by atoms with Crippen molar-refractivity contribution in [2.45, 2.75) is 38.4 Å². The Morgan fingerprint density at radius 1 is 0.793 bits per heavy atom. The van der Waals surface area contributed by atoms with Crippen molar-refractivity contribution in [1.82, 2.24) is 0 Å². The van der Waals surface area contributed by atoms with Crippen LogP contribution in [0.15, 0.2) is 90.0 Å². The fraction of sp³-hybridized carbons (Fsp3) is 0.240. The summed E-state index contributed by atoms with van der Waals surface area (Å²) < 4.78 is 0. The normalized spacial score (nSPS) is 22.2. The number of anilines is 3. The van der Waals surface area contributed by atoms with Crippen molar-refractivity contribution < 1.29 is 0 Å². The van der Waals surface area contributed by atoms with Crippen LogP contribution in [0.2, 0.25) is 0 Å². The predicted molar refractivity (Wildman–Crippen MR) is 122 cm³/mol. The minimum Gasteiger partial charge on any atom is -0.378 e. The standard InChI is InChI=1S/C25H26N4/c1-24(2)18-25(3)28(22-17-11-10-16-21(22)26-24)23(19-12-6-4-7-13-19)27-29(25)20-14-8-5-9-15-20/h4-17,26H,18H2,1-3H3. The minimum absolute atomic E-state index is 0.103. The molecule has 3 aromatic carbocycles. The molecule has 0 fully saturated rings. The maximum atomic E-state index is 5.20. The fourth-order valence-corrected chi connectivity index (χ4v) is 4.80. The third-order valence-electron chi connectivity index (χ3n) is 5.77. The molecule has 0 aliphatic carbocycles. The SMILES string of the molecule is CC1(C)CC2(C)N(c3ccccc3)N=C(c3ccccc3)N2c2ccccc2N1. The minimum atomic E-state index is -0.352. The van der Waals surface area contributed by atoms with Gasteiger partial charge in [0.25, 0.3) is 0 Å². The summed E-state index contributed by atoms with van der Waals surface area (Å²) in [5.41, 5.74) is 4.05. The molecule has 1 unspecified atom stereocenters. The fourth-order valence-electron chi connectivity index (χ4n) is 4.80. The number of rotatable bonds is 2. The molecule has 0 saturated carbocycles. The lowest BCUT2D eigenvalue weighted by Gasteiger charge is -2.43. The zero-order valence-corrected chi connectivity index (χ0v) is 17.1. The number of nitrogens with one attached hydrogen (secondary N) is 1. The first kappa shape index (κ1) is 17.8. The number of nitrogens with zero attached hydrogens (tertiary/aromatic N) is 3. The van der Waals surface area contributed by atoms with Crippen LogP contribution in [-0.2, 0) is 0 Å². The second-order valence-corrected chi connectivity index (χ2v) is 8.69. The van der Waals surface area contributed by atoms with Crippen LogP contribution in [0.1, 0.15) is 32.8 Å². The Morgan fingerprint density at radius 3 is 2.14 bits per heavy atom. The highest BCUT2D eigenvalue weighted by molar-refractivity contribution is 6.14. The number of hydrogen-bond acceptors (Lipinski definition) is 4. The lowest BCUT2D eigenvalue weighted by atomic mass is 9.90. The van der Waals surface area contributed by atoms with Gasteiger partial charge in [0.05, 0.1) is 17.1 Å². The third-order valence-corrected chi connectivity index (χ3v) is 5.77. The van der Waals surface area contributed by atoms with Crippen LogP contribution < -0.4 is 15.2 Å². The van der Waals surface area contributed by atoms with Gasteiger partial charge in [0.2, 0.25) is 0 Å². The average Bonchev–Trinajstić information content (AvgIpc) is 2.96. The largest absolute Gasteiger partial charge is 0.378 e. The maximum Gasteiger partial charge on any atom is 0.162 e. The van der Waals surface area contributed by atoms with Gasteiger partial charge in [-0.15, -0.1) is 0 Å². The van der Waals surface area contributed by atoms with Crippen molar-refractivity contribution in [2.24, 2.45) is 5.10 Å². The lowest BCUT2D eigenvalue weighted by Crippen LogP contribution is -2.57. The van der Waals surface area contributed by atoms with Gasteiger partial charge in [-0.3, -0.25) is 4.90 Å². The molecule has 1 N–H and O–H groups in total. The molecular formula is C25H26N4. The van der Waals surface area contributed by atoms with Gasteiger partial charge >= 0.3 is 0 Å². The molecule has 0 radical (unpaired) electrons. The highest BCUT2D eigenvalue weighted by atomic mass is 15.7. The van der Waals surface area contributed by atoms with Gasteiger partial charge in [-0.05, 0) is 45.0 Å². The van der Waals surface area contributed by atoms with Crippen LogP contribution >= 0.6 is 0 Å². The van der Waals surface area contributed by atoms with Crippen LogP contribution in [0.25, 0.3) is 0 Å². The topological polar surface area (TPSA) is 30.9 Å². The third kappa shape index (κ3) is 2.87. The van der Waals surface area contributed by atoms with Gasteiger partial charge < -0.3 is 5.32 Å². The van der Waals surface area contributed by atoms with Crippen LogP contribution in [0.3, 0.4) is 0 Å². The number of benzene rings is 3. The first-order chi connectivity index (χ1) is 14.0. The molecule has 2 aliphatic heterocycles. The first-order valence-electron chi connectivity index (χ1n) is 10.1. The summed E-state index contributed by atoms with van der Waals surface area (Å²) in [5.74, 6) is 0.976. The van der Waals surface area contributed by atoms with Gasteiger partial charge in [-0.1, -0.05) is 60.7 Å². The number of amidine groups is 1. The van der Waals surface area contributed by atoms with Crippen LogP contribution in [0, 0.1) is 0 Å². The summed E-state index contributed by atoms with van der Waals surface area (Å²) in [7, 11) is 0. The second kappa shape index (κ2) is 6.38. The van der Waals surface area contributed by atoms with E-state index in [9.17, 15) is 0 Å². The number of para-hydroxylation sites is 3. The van der Waals surface area contributed by atoms with E-state index in [1.807, 2.05) is 6.07 Å². The van der Waals surface area contributed by atoms with Crippen molar-refractivity contribution >= 4 is 22.9 Å². The molecule has 5 rings (SSSR count). The van der Waals surface area contributed by atoms with E-state index in [0.717, 1.165) is 34.9 Å². The lowest BCUT2D eigenvalue weighted by molar-refractivity contribution is 0.356. The molecular weight excluding hydrogens is 356 g/mol. The molecule has 0 spiro atoms. The van der Waals surface area contributed by atoms with Crippen LogP contribution in [0.5, 0.6) is 0 Å². The van der Waals surface area contributed by atoms with Crippen molar-refractivity contribution in [3.8, 4) is 0 Å². The summed E-state index contributed by atoms with van der Waals surface area (Å²) in [6.45, 7) is 6.83. The Morgan fingerprint density at radius 2 is 1.41 bits per heavy atom. The highest BCUT2D eigenvalue weighted by Crippen LogP contribution is 2.47. The summed E-state index contributed by atoms with van der Waals surface area (Å²) in [5, 5.41) is 11.2. The molecule has 0 aromatic heterocycles. The van der Waals surface area contributed by atoms with E-state index in [2.05, 4.69) is 115 Å². The molecule has 1 atom stereocenters. The van der Waals surface area contributed by atoms with Crippen LogP contribution in [0.4, 0.5) is 17.1 Å². The summed E-state index contributed by atoms with van der Waals surface area (Å²) in [6.07, 6.45) is 0.892. The highest BCUT2D eigenvalue weighted by Gasteiger charge is 2.52. The molecule has 4 heteroatoms. The van der Waals surface area contributed by atoms with E-state index in [1.165, 1.54) is 0 Å².